The monoisotopic (exact) mass is 458 g/mol. The van der Waals surface area contributed by atoms with Crippen molar-refractivity contribution in [3.8, 4) is 11.5 Å². The number of aliphatic hydroxyl groups is 1. The number of aromatic nitrogens is 1. The summed E-state index contributed by atoms with van der Waals surface area (Å²) in [6, 6.07) is 8.97. The Morgan fingerprint density at radius 3 is 2.88 bits per heavy atom. The van der Waals surface area contributed by atoms with Crippen LogP contribution in [-0.4, -0.2) is 55.9 Å². The molecule has 7 nitrogen and oxygen atoms in total. The number of hydrogen-bond donors (Lipinski definition) is 4. The third kappa shape index (κ3) is 2.06. The Kier molecular flexibility index (Phi) is 3.38. The summed E-state index contributed by atoms with van der Waals surface area (Å²) in [6.45, 7) is 1.90. The second-order valence-corrected chi connectivity index (χ2v) is 11.0. The van der Waals surface area contributed by atoms with Gasteiger partial charge in [-0.05, 0) is 61.4 Å². The highest BCUT2D eigenvalue weighted by Gasteiger charge is 2.72. The van der Waals surface area contributed by atoms with Gasteiger partial charge >= 0.3 is 5.97 Å². The van der Waals surface area contributed by atoms with Gasteiger partial charge in [-0.2, -0.15) is 0 Å². The van der Waals surface area contributed by atoms with Gasteiger partial charge in [-0.1, -0.05) is 18.2 Å². The number of aromatic hydroxyl groups is 1. The molecule has 2 fully saturated rings. The first-order valence-corrected chi connectivity index (χ1v) is 12.3. The summed E-state index contributed by atoms with van der Waals surface area (Å²) in [5.74, 6) is 0.325. The summed E-state index contributed by atoms with van der Waals surface area (Å²) in [7, 11) is 0. The van der Waals surface area contributed by atoms with E-state index in [2.05, 4.69) is 9.88 Å². The molecule has 34 heavy (non-hydrogen) atoms. The van der Waals surface area contributed by atoms with Gasteiger partial charge in [-0.25, -0.2) is 4.79 Å². The molecule has 1 spiro atoms. The number of hydrogen-bond acceptors (Lipinski definition) is 5. The van der Waals surface area contributed by atoms with Crippen molar-refractivity contribution in [2.75, 3.05) is 13.1 Å². The SMILES string of the molecule is O=C(O)c1cccc2c3c([nH]c12)[C@@H]1Oc2c(O)ccc4c2[C@@]12CCN(CC1CC1)[C@H](C4)[C@]2(O)C3. The van der Waals surface area contributed by atoms with Crippen LogP contribution in [0.5, 0.6) is 11.5 Å². The molecule has 2 aromatic carbocycles. The van der Waals surface area contributed by atoms with Crippen molar-refractivity contribution in [1.29, 1.82) is 0 Å². The van der Waals surface area contributed by atoms with Gasteiger partial charge in [0, 0.05) is 30.0 Å². The Morgan fingerprint density at radius 2 is 2.09 bits per heavy atom. The molecule has 1 saturated carbocycles. The minimum Gasteiger partial charge on any atom is -0.504 e. The number of aromatic amines is 1. The van der Waals surface area contributed by atoms with Gasteiger partial charge in [-0.3, -0.25) is 4.90 Å². The van der Waals surface area contributed by atoms with Crippen LogP contribution in [0.1, 0.15) is 58.1 Å². The summed E-state index contributed by atoms with van der Waals surface area (Å²) in [4.78, 5) is 17.9. The number of carboxylic acids is 1. The zero-order valence-electron chi connectivity index (χ0n) is 18.7. The number of rotatable bonds is 3. The molecule has 4 N–H and O–H groups in total. The molecule has 174 valence electrons. The van der Waals surface area contributed by atoms with Crippen LogP contribution in [0, 0.1) is 5.92 Å². The zero-order valence-corrected chi connectivity index (χ0v) is 18.7. The lowest BCUT2D eigenvalue weighted by molar-refractivity contribution is -0.173. The van der Waals surface area contributed by atoms with Crippen molar-refractivity contribution < 1.29 is 24.9 Å². The van der Waals surface area contributed by atoms with Gasteiger partial charge < -0.3 is 25.0 Å². The number of H-pyrrole nitrogens is 1. The van der Waals surface area contributed by atoms with Crippen LogP contribution in [0.15, 0.2) is 30.3 Å². The van der Waals surface area contributed by atoms with Crippen LogP contribution >= 0.6 is 0 Å². The molecule has 7 heteroatoms. The van der Waals surface area contributed by atoms with Crippen LogP contribution in [0.25, 0.3) is 10.9 Å². The van der Waals surface area contributed by atoms with E-state index in [0.717, 1.165) is 59.6 Å². The summed E-state index contributed by atoms with van der Waals surface area (Å²) in [6.07, 6.45) is 3.92. The van der Waals surface area contributed by atoms with Gasteiger partial charge in [0.15, 0.2) is 17.6 Å². The van der Waals surface area contributed by atoms with Crippen LogP contribution in [0.4, 0.5) is 0 Å². The van der Waals surface area contributed by atoms with Crippen molar-refractivity contribution >= 4 is 16.9 Å². The average molecular weight is 459 g/mol. The number of benzene rings is 2. The molecule has 1 saturated heterocycles. The van der Waals surface area contributed by atoms with Crippen molar-refractivity contribution in [2.24, 2.45) is 5.92 Å². The molecule has 3 aliphatic carbocycles. The standard InChI is InChI=1S/C27H26N2O5/c30-18-7-6-14-10-19-27(33)11-17-15-2-1-3-16(25(31)32)21(15)28-22(17)24-26(27,20(14)23(18)34-24)8-9-29(19)12-13-4-5-13/h1-3,6-7,13,19,24,28,30,33H,4-5,8-12H2,(H,31,32)/t19-,24+,26+,27-/m1/s1. The van der Waals surface area contributed by atoms with E-state index in [1.807, 2.05) is 12.1 Å². The number of para-hydroxylation sites is 1. The smallest absolute Gasteiger partial charge is 0.337 e. The fraction of sp³-hybridized carbons (Fsp3) is 0.444. The third-order valence-corrected chi connectivity index (χ3v) is 9.43. The van der Waals surface area contributed by atoms with E-state index >= 15 is 0 Å². The number of ether oxygens (including phenoxy) is 1. The van der Waals surface area contributed by atoms with Crippen molar-refractivity contribution in [3.05, 3.63) is 58.3 Å². The maximum atomic E-state index is 12.8. The fourth-order valence-corrected chi connectivity index (χ4v) is 7.82. The van der Waals surface area contributed by atoms with E-state index in [1.165, 1.54) is 12.8 Å². The summed E-state index contributed by atoms with van der Waals surface area (Å²) in [5.41, 5.74) is 2.95. The molecule has 2 aliphatic heterocycles. The van der Waals surface area contributed by atoms with Gasteiger partial charge in [0.2, 0.25) is 0 Å². The third-order valence-electron chi connectivity index (χ3n) is 9.43. The molecular formula is C27H26N2O5. The predicted molar refractivity (Wildman–Crippen MR) is 123 cm³/mol. The molecule has 8 rings (SSSR count). The van der Waals surface area contributed by atoms with E-state index in [0.29, 0.717) is 17.7 Å². The Morgan fingerprint density at radius 1 is 1.24 bits per heavy atom. The van der Waals surface area contributed by atoms with E-state index in [1.54, 1.807) is 18.2 Å². The molecular weight excluding hydrogens is 432 g/mol. The number of carbonyl (C=O) groups is 1. The van der Waals surface area contributed by atoms with E-state index < -0.39 is 23.1 Å². The van der Waals surface area contributed by atoms with Gasteiger partial charge in [0.25, 0.3) is 0 Å². The normalized spacial score (nSPS) is 32.9. The van der Waals surface area contributed by atoms with E-state index in [4.69, 9.17) is 4.74 Å². The van der Waals surface area contributed by atoms with E-state index in [-0.39, 0.29) is 17.4 Å². The number of nitrogens with one attached hydrogen (secondary N) is 1. The Hall–Kier alpha value is -3.03. The van der Waals surface area contributed by atoms with Gasteiger partial charge in [0.1, 0.15) is 0 Å². The quantitative estimate of drug-likeness (QED) is 0.480. The molecule has 3 aromatic rings. The topological polar surface area (TPSA) is 106 Å². The lowest BCUT2D eigenvalue weighted by Gasteiger charge is -2.62. The van der Waals surface area contributed by atoms with E-state index in [9.17, 15) is 20.1 Å². The fourth-order valence-electron chi connectivity index (χ4n) is 7.82. The number of piperidine rings is 1. The van der Waals surface area contributed by atoms with Crippen LogP contribution in [-0.2, 0) is 18.3 Å². The number of likely N-dealkylation sites (tertiary alicyclic amines) is 1. The van der Waals surface area contributed by atoms with Crippen LogP contribution < -0.4 is 4.74 Å². The van der Waals surface area contributed by atoms with Crippen LogP contribution in [0.3, 0.4) is 0 Å². The lowest BCUT2D eigenvalue weighted by atomic mass is 9.49. The predicted octanol–water partition coefficient (Wildman–Crippen LogP) is 3.27. The Labute approximate surface area is 196 Å². The molecule has 3 heterocycles. The molecule has 1 aromatic heterocycles. The first-order valence-electron chi connectivity index (χ1n) is 12.3. The van der Waals surface area contributed by atoms with Crippen molar-refractivity contribution in [2.45, 2.75) is 55.3 Å². The Balaban J connectivity index is 1.42. The first-order chi connectivity index (χ1) is 16.4. The van der Waals surface area contributed by atoms with Gasteiger partial charge in [0.05, 0.1) is 27.8 Å². The minimum absolute atomic E-state index is 0.0447. The second kappa shape index (κ2) is 5.96. The first kappa shape index (κ1) is 19.3. The molecule has 5 aliphatic rings. The van der Waals surface area contributed by atoms with Crippen molar-refractivity contribution in [1.82, 2.24) is 9.88 Å². The highest BCUT2D eigenvalue weighted by atomic mass is 16.5. The average Bonchev–Trinajstić information content (AvgIpc) is 3.44. The van der Waals surface area contributed by atoms with Crippen LogP contribution in [0.2, 0.25) is 0 Å². The molecule has 0 radical (unpaired) electrons. The number of aromatic carboxylic acids is 1. The Bertz CT molecular complexity index is 1420. The zero-order chi connectivity index (χ0) is 23.0. The lowest BCUT2D eigenvalue weighted by Crippen LogP contribution is -2.74. The molecule has 2 bridgehead atoms. The second-order valence-electron chi connectivity index (χ2n) is 11.0. The largest absolute Gasteiger partial charge is 0.504 e. The maximum Gasteiger partial charge on any atom is 0.337 e. The molecule has 0 amide bonds. The minimum atomic E-state index is -1.07. The van der Waals surface area contributed by atoms with Gasteiger partial charge in [-0.15, -0.1) is 0 Å². The number of nitrogens with zero attached hydrogens (tertiary/aromatic N) is 1. The maximum absolute atomic E-state index is 12.8. The van der Waals surface area contributed by atoms with Crippen molar-refractivity contribution in [3.63, 3.8) is 0 Å². The highest BCUT2D eigenvalue weighted by molar-refractivity contribution is 6.03. The highest BCUT2D eigenvalue weighted by Crippen LogP contribution is 2.69. The summed E-state index contributed by atoms with van der Waals surface area (Å²) in [5, 5.41) is 34.2. The molecule has 0 unspecified atom stereocenters. The number of phenolic OH excluding ortho intramolecular Hbond substituents is 1. The number of carboxylic acid groups (broad SMARTS) is 1. The summed E-state index contributed by atoms with van der Waals surface area (Å²) >= 11 is 0. The number of phenols is 1. The number of fused-ring (bicyclic) bond motifs is 4. The summed E-state index contributed by atoms with van der Waals surface area (Å²) < 4.78 is 6.55. The molecule has 4 atom stereocenters.